The summed E-state index contributed by atoms with van der Waals surface area (Å²) in [5, 5.41) is 8.83. The summed E-state index contributed by atoms with van der Waals surface area (Å²) >= 11 is 0. The van der Waals surface area contributed by atoms with Crippen molar-refractivity contribution in [1.82, 2.24) is 0 Å². The molecule has 0 spiro atoms. The minimum Gasteiger partial charge on any atom is -0.354 e. The van der Waals surface area contributed by atoms with Crippen LogP contribution in [0.4, 0.5) is 28.4 Å². The fourth-order valence-corrected chi connectivity index (χ4v) is 10.1. The molecule has 0 saturated heterocycles. The zero-order valence-corrected chi connectivity index (χ0v) is 32.3. The van der Waals surface area contributed by atoms with Crippen LogP contribution in [0.2, 0.25) is 0 Å². The molecule has 0 bridgehead atoms. The lowest BCUT2D eigenvalue weighted by Gasteiger charge is -2.35. The first kappa shape index (κ1) is 33.5. The van der Waals surface area contributed by atoms with E-state index in [2.05, 4.69) is 235 Å². The zero-order valence-electron chi connectivity index (χ0n) is 32.3. The number of para-hydroxylation sites is 1. The van der Waals surface area contributed by atoms with Crippen molar-refractivity contribution in [2.24, 2.45) is 0 Å². The first-order valence-corrected chi connectivity index (χ1v) is 20.4. The van der Waals surface area contributed by atoms with Gasteiger partial charge < -0.3 is 10.2 Å². The Hall–Kier alpha value is -7.68. The summed E-state index contributed by atoms with van der Waals surface area (Å²) in [5.41, 5.74) is 17.8. The SMILES string of the molecule is c1ccc(N(c2ccc(-c3ccc4c5c(cccc35)-c3ccc5ccccc5c3N4)cc2)c2ccc3c(c2)C(c2ccccc2)(c2ccccc2)c2ccccc2-3)cc1. The molecule has 1 aliphatic heterocycles. The number of anilines is 5. The van der Waals surface area contributed by atoms with Gasteiger partial charge in [-0.3, -0.25) is 0 Å². The molecule has 0 fully saturated rings. The molecule has 12 rings (SSSR count). The molecular weight excluding hydrogens is 713 g/mol. The number of hydrogen-bond donors (Lipinski definition) is 1. The van der Waals surface area contributed by atoms with Crippen LogP contribution in [0.1, 0.15) is 22.3 Å². The normalized spacial score (nSPS) is 13.0. The highest BCUT2D eigenvalue weighted by Gasteiger charge is 2.46. The fourth-order valence-electron chi connectivity index (χ4n) is 10.1. The van der Waals surface area contributed by atoms with Crippen molar-refractivity contribution in [3.8, 4) is 33.4 Å². The molecule has 10 aromatic carbocycles. The van der Waals surface area contributed by atoms with E-state index in [9.17, 15) is 0 Å². The minimum atomic E-state index is -0.478. The standard InChI is InChI=1S/C57H38N2/c1-4-16-40(17-5-1)57(41-18-6-2-7-19-41)52-26-13-12-23-47(52)48-34-32-44(37-53(48)57)59(42-20-8-3-9-21-42)43-30-27-39(28-31-43)45-35-36-54-55-49(45)24-14-25-50(55)51-33-29-38-15-10-11-22-46(38)56(51)58-54/h1-37,58H. The van der Waals surface area contributed by atoms with E-state index in [1.165, 1.54) is 82.9 Å². The van der Waals surface area contributed by atoms with Crippen molar-refractivity contribution >= 4 is 50.0 Å². The van der Waals surface area contributed by atoms with Gasteiger partial charge in [0.15, 0.2) is 0 Å². The van der Waals surface area contributed by atoms with Crippen LogP contribution in [0, 0.1) is 0 Å². The summed E-state index contributed by atoms with van der Waals surface area (Å²) in [4.78, 5) is 2.40. The summed E-state index contributed by atoms with van der Waals surface area (Å²) in [6.07, 6.45) is 0. The lowest BCUT2D eigenvalue weighted by molar-refractivity contribution is 0.768. The van der Waals surface area contributed by atoms with Gasteiger partial charge in [-0.05, 0) is 103 Å². The molecule has 276 valence electrons. The molecule has 0 atom stereocenters. The van der Waals surface area contributed by atoms with Gasteiger partial charge in [0, 0.05) is 39.1 Å². The Morgan fingerprint density at radius 3 is 1.71 bits per heavy atom. The van der Waals surface area contributed by atoms with Crippen LogP contribution in [0.3, 0.4) is 0 Å². The Labute approximate surface area is 344 Å². The van der Waals surface area contributed by atoms with Crippen molar-refractivity contribution in [3.63, 3.8) is 0 Å². The zero-order chi connectivity index (χ0) is 38.9. The van der Waals surface area contributed by atoms with Crippen LogP contribution >= 0.6 is 0 Å². The summed E-state index contributed by atoms with van der Waals surface area (Å²) in [5.74, 6) is 0. The highest BCUT2D eigenvalue weighted by Crippen LogP contribution is 2.57. The van der Waals surface area contributed by atoms with Gasteiger partial charge in [-0.25, -0.2) is 0 Å². The molecule has 0 amide bonds. The second-order valence-electron chi connectivity index (χ2n) is 15.7. The van der Waals surface area contributed by atoms with Gasteiger partial charge in [-0.15, -0.1) is 0 Å². The summed E-state index contributed by atoms with van der Waals surface area (Å²) in [6, 6.07) is 82.4. The molecule has 1 aliphatic carbocycles. The Morgan fingerprint density at radius 1 is 0.356 bits per heavy atom. The Balaban J connectivity index is 1.00. The molecule has 59 heavy (non-hydrogen) atoms. The average Bonchev–Trinajstić information content (AvgIpc) is 3.61. The Kier molecular flexibility index (Phi) is 7.48. The largest absolute Gasteiger partial charge is 0.354 e. The first-order valence-electron chi connectivity index (χ1n) is 20.4. The first-order chi connectivity index (χ1) is 29.3. The van der Waals surface area contributed by atoms with Gasteiger partial charge in [0.2, 0.25) is 0 Å². The maximum Gasteiger partial charge on any atom is 0.0714 e. The van der Waals surface area contributed by atoms with E-state index in [4.69, 9.17) is 0 Å². The maximum atomic E-state index is 3.83. The second kappa shape index (κ2) is 13.2. The third-order valence-corrected chi connectivity index (χ3v) is 12.7. The number of rotatable bonds is 6. The minimum absolute atomic E-state index is 0.478. The van der Waals surface area contributed by atoms with Gasteiger partial charge >= 0.3 is 0 Å². The van der Waals surface area contributed by atoms with Crippen LogP contribution in [-0.2, 0) is 5.41 Å². The third kappa shape index (κ3) is 5.00. The molecule has 1 N–H and O–H groups in total. The quantitative estimate of drug-likeness (QED) is 0.182. The molecule has 2 nitrogen and oxygen atoms in total. The van der Waals surface area contributed by atoms with E-state index in [0.29, 0.717) is 0 Å². The van der Waals surface area contributed by atoms with Gasteiger partial charge in [0.25, 0.3) is 0 Å². The van der Waals surface area contributed by atoms with Crippen molar-refractivity contribution in [1.29, 1.82) is 0 Å². The van der Waals surface area contributed by atoms with E-state index in [0.717, 1.165) is 22.7 Å². The van der Waals surface area contributed by atoms with E-state index in [1.807, 2.05) is 0 Å². The predicted octanol–water partition coefficient (Wildman–Crippen LogP) is 15.2. The molecule has 2 heteroatoms. The van der Waals surface area contributed by atoms with Crippen molar-refractivity contribution in [2.45, 2.75) is 5.41 Å². The smallest absolute Gasteiger partial charge is 0.0714 e. The Bertz CT molecular complexity index is 3180. The molecule has 1 heterocycles. The van der Waals surface area contributed by atoms with Crippen LogP contribution in [0.25, 0.3) is 54.9 Å². The summed E-state index contributed by atoms with van der Waals surface area (Å²) in [7, 11) is 0. The van der Waals surface area contributed by atoms with E-state index in [-0.39, 0.29) is 0 Å². The number of fused-ring (bicyclic) bond motifs is 7. The molecule has 0 unspecified atom stereocenters. The van der Waals surface area contributed by atoms with E-state index < -0.39 is 5.41 Å². The van der Waals surface area contributed by atoms with Crippen molar-refractivity contribution in [3.05, 3.63) is 247 Å². The number of nitrogens with one attached hydrogen (secondary N) is 1. The van der Waals surface area contributed by atoms with Gasteiger partial charge in [-0.2, -0.15) is 0 Å². The topological polar surface area (TPSA) is 15.3 Å². The highest BCUT2D eigenvalue weighted by atomic mass is 15.1. The number of hydrogen-bond acceptors (Lipinski definition) is 2. The Morgan fingerprint density at radius 2 is 0.932 bits per heavy atom. The van der Waals surface area contributed by atoms with Gasteiger partial charge in [-0.1, -0.05) is 182 Å². The molecule has 0 aromatic heterocycles. The van der Waals surface area contributed by atoms with Gasteiger partial charge in [0.1, 0.15) is 0 Å². The van der Waals surface area contributed by atoms with Crippen molar-refractivity contribution in [2.75, 3.05) is 10.2 Å². The molecule has 2 aliphatic rings. The second-order valence-corrected chi connectivity index (χ2v) is 15.7. The van der Waals surface area contributed by atoms with Crippen LogP contribution in [0.15, 0.2) is 224 Å². The van der Waals surface area contributed by atoms with E-state index in [1.54, 1.807) is 0 Å². The lowest BCUT2D eigenvalue weighted by atomic mass is 9.67. The van der Waals surface area contributed by atoms with E-state index >= 15 is 0 Å². The maximum absolute atomic E-state index is 3.83. The highest BCUT2D eigenvalue weighted by molar-refractivity contribution is 6.19. The monoisotopic (exact) mass is 750 g/mol. The predicted molar refractivity (Wildman–Crippen MR) is 248 cm³/mol. The van der Waals surface area contributed by atoms with Crippen molar-refractivity contribution < 1.29 is 0 Å². The van der Waals surface area contributed by atoms with Crippen LogP contribution in [0.5, 0.6) is 0 Å². The molecule has 10 aromatic rings. The third-order valence-electron chi connectivity index (χ3n) is 12.7. The fraction of sp³-hybridized carbons (Fsp3) is 0.0175. The molecule has 0 saturated carbocycles. The summed E-state index contributed by atoms with van der Waals surface area (Å²) < 4.78 is 0. The summed E-state index contributed by atoms with van der Waals surface area (Å²) in [6.45, 7) is 0. The number of nitrogens with zero attached hydrogens (tertiary/aromatic N) is 1. The molecular formula is C57H38N2. The van der Waals surface area contributed by atoms with Crippen LogP contribution < -0.4 is 10.2 Å². The molecule has 0 radical (unpaired) electrons. The van der Waals surface area contributed by atoms with Gasteiger partial charge in [0.05, 0.1) is 11.1 Å². The average molecular weight is 751 g/mol. The lowest BCUT2D eigenvalue weighted by Crippen LogP contribution is -2.28. The van der Waals surface area contributed by atoms with Crippen LogP contribution in [-0.4, -0.2) is 0 Å². The number of benzene rings is 10.